The highest BCUT2D eigenvalue weighted by molar-refractivity contribution is 6.01. The summed E-state index contributed by atoms with van der Waals surface area (Å²) >= 11 is 0. The Morgan fingerprint density at radius 2 is 1.61 bits per heavy atom. The summed E-state index contributed by atoms with van der Waals surface area (Å²) in [6, 6.07) is 18.2. The lowest BCUT2D eigenvalue weighted by molar-refractivity contribution is -0.118. The number of amides is 1. The van der Waals surface area contributed by atoms with E-state index >= 15 is 0 Å². The molecule has 0 aliphatic rings. The van der Waals surface area contributed by atoms with Crippen LogP contribution in [0.5, 0.6) is 11.5 Å². The van der Waals surface area contributed by atoms with E-state index in [1.54, 1.807) is 30.3 Å². The van der Waals surface area contributed by atoms with Gasteiger partial charge in [0.15, 0.2) is 24.2 Å². The summed E-state index contributed by atoms with van der Waals surface area (Å²) < 4.78 is 29.0. The number of carbonyl (C=O) groups is 3. The molecule has 0 aliphatic heterocycles. The molecule has 0 saturated heterocycles. The monoisotopic (exact) mass is 451 g/mol. The molecule has 33 heavy (non-hydrogen) atoms. The fourth-order valence-corrected chi connectivity index (χ4v) is 2.91. The number of ether oxygens (including phenoxy) is 3. The van der Waals surface area contributed by atoms with Crippen LogP contribution in [0.3, 0.4) is 0 Å². The highest BCUT2D eigenvalue weighted by Crippen LogP contribution is 2.28. The van der Waals surface area contributed by atoms with Gasteiger partial charge < -0.3 is 19.5 Å². The largest absolute Gasteiger partial charge is 0.493 e. The maximum atomic E-state index is 13.0. The number of hydrogen-bond donors (Lipinski definition) is 1. The summed E-state index contributed by atoms with van der Waals surface area (Å²) in [5.74, 6) is -1.45. The standard InChI is InChI=1S/C25H22FNO6/c1-16(24(29)17-6-4-3-5-7-17)33-25(30)18-8-13-21(22(14-18)31-2)32-15-23(28)27-20-11-9-19(26)10-12-20/h3-14,16H,15H2,1-2H3,(H,27,28)/t16-/m0/s1. The molecule has 0 aromatic heterocycles. The lowest BCUT2D eigenvalue weighted by Crippen LogP contribution is -2.24. The van der Waals surface area contributed by atoms with Crippen molar-refractivity contribution in [1.82, 2.24) is 0 Å². The minimum Gasteiger partial charge on any atom is -0.493 e. The van der Waals surface area contributed by atoms with E-state index in [1.165, 1.54) is 56.5 Å². The zero-order valence-electron chi connectivity index (χ0n) is 18.0. The van der Waals surface area contributed by atoms with E-state index in [0.29, 0.717) is 11.3 Å². The quantitative estimate of drug-likeness (QED) is 0.386. The van der Waals surface area contributed by atoms with Crippen LogP contribution in [0.2, 0.25) is 0 Å². The maximum absolute atomic E-state index is 13.0. The predicted octanol–water partition coefficient (Wildman–Crippen LogP) is 4.28. The SMILES string of the molecule is COc1cc(C(=O)O[C@@H](C)C(=O)c2ccccc2)ccc1OCC(=O)Nc1ccc(F)cc1. The van der Waals surface area contributed by atoms with Crippen LogP contribution >= 0.6 is 0 Å². The van der Waals surface area contributed by atoms with E-state index < -0.39 is 23.8 Å². The number of ketones is 1. The highest BCUT2D eigenvalue weighted by atomic mass is 19.1. The zero-order chi connectivity index (χ0) is 23.8. The molecule has 0 heterocycles. The molecule has 1 amide bonds. The fraction of sp³-hybridized carbons (Fsp3) is 0.160. The summed E-state index contributed by atoms with van der Waals surface area (Å²) in [7, 11) is 1.39. The minimum absolute atomic E-state index is 0.155. The number of halogens is 1. The van der Waals surface area contributed by atoms with Crippen LogP contribution < -0.4 is 14.8 Å². The van der Waals surface area contributed by atoms with Gasteiger partial charge in [-0.15, -0.1) is 0 Å². The smallest absolute Gasteiger partial charge is 0.338 e. The summed E-state index contributed by atoms with van der Waals surface area (Å²) in [6.45, 7) is 1.17. The molecule has 0 bridgehead atoms. The predicted molar refractivity (Wildman–Crippen MR) is 119 cm³/mol. The number of esters is 1. The van der Waals surface area contributed by atoms with Crippen molar-refractivity contribution in [3.05, 3.63) is 89.7 Å². The summed E-state index contributed by atoms with van der Waals surface area (Å²) in [4.78, 5) is 37.0. The van der Waals surface area contributed by atoms with Crippen molar-refractivity contribution in [2.24, 2.45) is 0 Å². The van der Waals surface area contributed by atoms with Gasteiger partial charge >= 0.3 is 5.97 Å². The average Bonchev–Trinajstić information content (AvgIpc) is 2.84. The Morgan fingerprint density at radius 3 is 2.27 bits per heavy atom. The number of carbonyl (C=O) groups excluding carboxylic acids is 3. The fourth-order valence-electron chi connectivity index (χ4n) is 2.91. The Morgan fingerprint density at radius 1 is 0.909 bits per heavy atom. The average molecular weight is 451 g/mol. The van der Waals surface area contributed by atoms with E-state index in [1.807, 2.05) is 0 Å². The van der Waals surface area contributed by atoms with Crippen molar-refractivity contribution in [2.75, 3.05) is 19.0 Å². The maximum Gasteiger partial charge on any atom is 0.338 e. The Kier molecular flexibility index (Phi) is 7.75. The van der Waals surface area contributed by atoms with E-state index in [0.717, 1.165) is 0 Å². The number of rotatable bonds is 9. The molecule has 3 rings (SSSR count). The first-order chi connectivity index (χ1) is 15.9. The number of hydrogen-bond acceptors (Lipinski definition) is 6. The van der Waals surface area contributed by atoms with E-state index in [2.05, 4.69) is 5.32 Å². The van der Waals surface area contributed by atoms with E-state index in [-0.39, 0.29) is 29.5 Å². The first kappa shape index (κ1) is 23.5. The minimum atomic E-state index is -0.975. The van der Waals surface area contributed by atoms with Crippen molar-refractivity contribution >= 4 is 23.3 Å². The molecule has 0 spiro atoms. The Balaban J connectivity index is 1.60. The van der Waals surface area contributed by atoms with E-state index in [4.69, 9.17) is 14.2 Å². The Hall–Kier alpha value is -4.20. The lowest BCUT2D eigenvalue weighted by Gasteiger charge is -2.14. The second kappa shape index (κ2) is 10.9. The molecule has 1 atom stereocenters. The molecule has 7 nitrogen and oxygen atoms in total. The molecule has 0 saturated carbocycles. The van der Waals surface area contributed by atoms with Gasteiger partial charge in [-0.05, 0) is 49.4 Å². The first-order valence-corrected chi connectivity index (χ1v) is 10.0. The second-order valence-electron chi connectivity index (χ2n) is 6.99. The van der Waals surface area contributed by atoms with Gasteiger partial charge in [-0.25, -0.2) is 9.18 Å². The van der Waals surface area contributed by atoms with Crippen LogP contribution in [0.25, 0.3) is 0 Å². The summed E-state index contributed by atoms with van der Waals surface area (Å²) in [5.41, 5.74) is 1.02. The van der Waals surface area contributed by atoms with Crippen LogP contribution in [0.4, 0.5) is 10.1 Å². The molecular formula is C25H22FNO6. The molecule has 3 aromatic rings. The topological polar surface area (TPSA) is 90.9 Å². The van der Waals surface area contributed by atoms with Crippen LogP contribution in [0.15, 0.2) is 72.8 Å². The van der Waals surface area contributed by atoms with Gasteiger partial charge in [0.25, 0.3) is 5.91 Å². The van der Waals surface area contributed by atoms with Crippen molar-refractivity contribution in [1.29, 1.82) is 0 Å². The van der Waals surface area contributed by atoms with Gasteiger partial charge in [0.2, 0.25) is 5.78 Å². The highest BCUT2D eigenvalue weighted by Gasteiger charge is 2.21. The van der Waals surface area contributed by atoms with Gasteiger partial charge in [-0.1, -0.05) is 30.3 Å². The third-order valence-corrected chi connectivity index (χ3v) is 4.60. The molecule has 1 N–H and O–H groups in total. The molecule has 0 aliphatic carbocycles. The lowest BCUT2D eigenvalue weighted by atomic mass is 10.1. The van der Waals surface area contributed by atoms with Gasteiger partial charge in [0.1, 0.15) is 5.82 Å². The van der Waals surface area contributed by atoms with Gasteiger partial charge in [-0.3, -0.25) is 9.59 Å². The van der Waals surface area contributed by atoms with Gasteiger partial charge in [0.05, 0.1) is 12.7 Å². The molecule has 0 fully saturated rings. The molecule has 3 aromatic carbocycles. The molecule has 170 valence electrons. The van der Waals surface area contributed by atoms with Crippen LogP contribution in [0, 0.1) is 5.82 Å². The molecule has 0 radical (unpaired) electrons. The molecular weight excluding hydrogens is 429 g/mol. The number of Topliss-reactive ketones (excluding diaryl/α,β-unsaturated/α-hetero) is 1. The number of nitrogens with one attached hydrogen (secondary N) is 1. The zero-order valence-corrected chi connectivity index (χ0v) is 18.0. The third-order valence-electron chi connectivity index (χ3n) is 4.60. The van der Waals surface area contributed by atoms with Crippen LogP contribution in [0.1, 0.15) is 27.6 Å². The van der Waals surface area contributed by atoms with Crippen molar-refractivity contribution in [3.63, 3.8) is 0 Å². The third kappa shape index (κ3) is 6.39. The number of benzene rings is 3. The Bertz CT molecular complexity index is 1130. The summed E-state index contributed by atoms with van der Waals surface area (Å²) in [5, 5.41) is 2.57. The summed E-state index contributed by atoms with van der Waals surface area (Å²) in [6.07, 6.45) is -0.975. The van der Waals surface area contributed by atoms with Gasteiger partial charge in [-0.2, -0.15) is 0 Å². The van der Waals surface area contributed by atoms with Crippen molar-refractivity contribution < 1.29 is 33.0 Å². The normalized spacial score (nSPS) is 11.2. The molecule has 0 unspecified atom stereocenters. The van der Waals surface area contributed by atoms with Crippen molar-refractivity contribution in [2.45, 2.75) is 13.0 Å². The number of methoxy groups -OCH3 is 1. The number of anilines is 1. The second-order valence-corrected chi connectivity index (χ2v) is 6.99. The molecule has 8 heteroatoms. The van der Waals surface area contributed by atoms with Crippen LogP contribution in [-0.4, -0.2) is 37.5 Å². The van der Waals surface area contributed by atoms with Crippen molar-refractivity contribution in [3.8, 4) is 11.5 Å². The van der Waals surface area contributed by atoms with E-state index in [9.17, 15) is 18.8 Å². The van der Waals surface area contributed by atoms with Crippen LogP contribution in [-0.2, 0) is 9.53 Å². The van der Waals surface area contributed by atoms with Gasteiger partial charge in [0, 0.05) is 11.3 Å². The first-order valence-electron chi connectivity index (χ1n) is 10.0. The Labute approximate surface area is 190 Å².